The molecule has 2 aliphatic rings. The van der Waals surface area contributed by atoms with Gasteiger partial charge in [0.2, 0.25) is 17.8 Å². The number of para-hydroxylation sites is 1. The SMILES string of the molecule is CCOC(=O)[C@@H]1CCCN(c2nc3c(c(=O)[nH]2)[C@H](C(=O)Nc2ccccc2F)CC(=O)N3)C1. The van der Waals surface area contributed by atoms with Crippen molar-refractivity contribution >= 4 is 35.2 Å². The van der Waals surface area contributed by atoms with Crippen LogP contribution in [0.25, 0.3) is 0 Å². The molecule has 0 aliphatic carbocycles. The summed E-state index contributed by atoms with van der Waals surface area (Å²) in [6.45, 7) is 2.89. The number of H-pyrrole nitrogens is 1. The first kappa shape index (κ1) is 22.4. The lowest BCUT2D eigenvalue weighted by Gasteiger charge is -2.32. The number of halogens is 1. The maximum Gasteiger partial charge on any atom is 0.310 e. The topological polar surface area (TPSA) is 133 Å². The van der Waals surface area contributed by atoms with E-state index in [9.17, 15) is 23.6 Å². The van der Waals surface area contributed by atoms with Gasteiger partial charge in [-0.2, -0.15) is 4.98 Å². The van der Waals surface area contributed by atoms with E-state index in [4.69, 9.17) is 4.74 Å². The fourth-order valence-electron chi connectivity index (χ4n) is 4.14. The van der Waals surface area contributed by atoms with Crippen molar-refractivity contribution in [3.8, 4) is 0 Å². The van der Waals surface area contributed by atoms with Gasteiger partial charge in [0.25, 0.3) is 5.56 Å². The smallest absolute Gasteiger partial charge is 0.310 e. The van der Waals surface area contributed by atoms with E-state index in [-0.39, 0.29) is 47.9 Å². The predicted molar refractivity (Wildman–Crippen MR) is 117 cm³/mol. The molecule has 0 bridgehead atoms. The Labute approximate surface area is 188 Å². The lowest BCUT2D eigenvalue weighted by Crippen LogP contribution is -2.42. The fraction of sp³-hybridized carbons (Fsp3) is 0.409. The van der Waals surface area contributed by atoms with Crippen LogP contribution in [-0.2, 0) is 19.1 Å². The van der Waals surface area contributed by atoms with Crippen LogP contribution in [-0.4, -0.2) is 47.4 Å². The van der Waals surface area contributed by atoms with E-state index in [1.54, 1.807) is 17.9 Å². The van der Waals surface area contributed by atoms with Gasteiger partial charge in [0.05, 0.1) is 29.7 Å². The molecule has 1 saturated heterocycles. The Hall–Kier alpha value is -3.76. The molecule has 1 aromatic heterocycles. The highest BCUT2D eigenvalue weighted by Gasteiger charge is 2.36. The van der Waals surface area contributed by atoms with Crippen molar-refractivity contribution in [1.29, 1.82) is 0 Å². The highest BCUT2D eigenvalue weighted by Crippen LogP contribution is 2.31. The van der Waals surface area contributed by atoms with Gasteiger partial charge in [-0.1, -0.05) is 12.1 Å². The molecule has 33 heavy (non-hydrogen) atoms. The first-order chi connectivity index (χ1) is 15.9. The van der Waals surface area contributed by atoms with Crippen molar-refractivity contribution in [2.24, 2.45) is 5.92 Å². The predicted octanol–water partition coefficient (Wildman–Crippen LogP) is 1.75. The molecule has 2 atom stereocenters. The number of ether oxygens (including phenoxy) is 1. The van der Waals surface area contributed by atoms with Crippen molar-refractivity contribution in [2.45, 2.75) is 32.1 Å². The molecular formula is C22H24FN5O5. The zero-order chi connectivity index (χ0) is 23.5. The third kappa shape index (κ3) is 4.71. The number of hydrogen-bond acceptors (Lipinski definition) is 7. The number of carbonyl (C=O) groups excluding carboxylic acids is 3. The van der Waals surface area contributed by atoms with Crippen molar-refractivity contribution in [3.63, 3.8) is 0 Å². The molecular weight excluding hydrogens is 433 g/mol. The van der Waals surface area contributed by atoms with Crippen LogP contribution < -0.4 is 21.1 Å². The molecule has 10 nitrogen and oxygen atoms in total. The Morgan fingerprint density at radius 2 is 2.09 bits per heavy atom. The number of anilines is 3. The van der Waals surface area contributed by atoms with Crippen LogP contribution in [0.4, 0.5) is 21.8 Å². The average molecular weight is 457 g/mol. The largest absolute Gasteiger partial charge is 0.466 e. The number of nitrogens with one attached hydrogen (secondary N) is 3. The Balaban J connectivity index is 1.60. The van der Waals surface area contributed by atoms with Crippen LogP contribution in [0.2, 0.25) is 0 Å². The van der Waals surface area contributed by atoms with Crippen molar-refractivity contribution in [1.82, 2.24) is 9.97 Å². The number of nitrogens with zero attached hydrogens (tertiary/aromatic N) is 2. The Morgan fingerprint density at radius 3 is 2.85 bits per heavy atom. The van der Waals surface area contributed by atoms with Gasteiger partial charge in [0.1, 0.15) is 11.6 Å². The summed E-state index contributed by atoms with van der Waals surface area (Å²) >= 11 is 0. The van der Waals surface area contributed by atoms with Gasteiger partial charge < -0.3 is 20.3 Å². The van der Waals surface area contributed by atoms with E-state index in [2.05, 4.69) is 20.6 Å². The van der Waals surface area contributed by atoms with Gasteiger partial charge in [-0.25, -0.2) is 4.39 Å². The van der Waals surface area contributed by atoms with Gasteiger partial charge in [0, 0.05) is 19.5 Å². The molecule has 11 heteroatoms. The second-order valence-corrected chi connectivity index (χ2v) is 7.96. The van der Waals surface area contributed by atoms with E-state index in [0.717, 1.165) is 0 Å². The number of amides is 2. The molecule has 0 radical (unpaired) electrons. The average Bonchev–Trinajstić information content (AvgIpc) is 2.80. The quantitative estimate of drug-likeness (QED) is 0.583. The Bertz CT molecular complexity index is 1150. The van der Waals surface area contributed by atoms with E-state index < -0.39 is 29.1 Å². The molecule has 1 fully saturated rings. The molecule has 4 rings (SSSR count). The van der Waals surface area contributed by atoms with Crippen LogP contribution in [0.1, 0.15) is 37.7 Å². The minimum Gasteiger partial charge on any atom is -0.466 e. The maximum atomic E-state index is 14.0. The van der Waals surface area contributed by atoms with Crippen LogP contribution in [0.5, 0.6) is 0 Å². The molecule has 2 aromatic rings. The summed E-state index contributed by atoms with van der Waals surface area (Å²) in [4.78, 5) is 59.0. The molecule has 2 amide bonds. The van der Waals surface area contributed by atoms with E-state index in [1.165, 1.54) is 18.2 Å². The van der Waals surface area contributed by atoms with E-state index in [0.29, 0.717) is 25.9 Å². The summed E-state index contributed by atoms with van der Waals surface area (Å²) in [6.07, 6.45) is 1.09. The molecule has 0 unspecified atom stereocenters. The van der Waals surface area contributed by atoms with Gasteiger partial charge in [-0.05, 0) is 31.9 Å². The maximum absolute atomic E-state index is 14.0. The number of hydrogen-bond donors (Lipinski definition) is 3. The number of esters is 1. The normalized spacial score (nSPS) is 19.9. The summed E-state index contributed by atoms with van der Waals surface area (Å²) in [7, 11) is 0. The van der Waals surface area contributed by atoms with E-state index >= 15 is 0 Å². The van der Waals surface area contributed by atoms with Gasteiger partial charge >= 0.3 is 5.97 Å². The minimum atomic E-state index is -1.13. The zero-order valence-electron chi connectivity index (χ0n) is 18.0. The second-order valence-electron chi connectivity index (χ2n) is 7.96. The third-order valence-corrected chi connectivity index (χ3v) is 5.73. The molecule has 1 aromatic carbocycles. The number of fused-ring (bicyclic) bond motifs is 1. The summed E-state index contributed by atoms with van der Waals surface area (Å²) in [5.74, 6) is -3.41. The van der Waals surface area contributed by atoms with Gasteiger partial charge in [-0.3, -0.25) is 24.2 Å². The summed E-state index contributed by atoms with van der Waals surface area (Å²) in [5, 5.41) is 4.99. The number of benzene rings is 1. The summed E-state index contributed by atoms with van der Waals surface area (Å²) in [6, 6.07) is 5.62. The zero-order valence-corrected chi connectivity index (χ0v) is 18.0. The van der Waals surface area contributed by atoms with Crippen LogP contribution in [0, 0.1) is 11.7 Å². The molecule has 3 heterocycles. The number of carbonyl (C=O) groups is 3. The summed E-state index contributed by atoms with van der Waals surface area (Å²) in [5.41, 5.74) is -0.623. The molecule has 0 spiro atoms. The van der Waals surface area contributed by atoms with E-state index in [1.807, 2.05) is 0 Å². The summed E-state index contributed by atoms with van der Waals surface area (Å²) < 4.78 is 19.1. The van der Waals surface area contributed by atoms with Crippen LogP contribution in [0.15, 0.2) is 29.1 Å². The highest BCUT2D eigenvalue weighted by molar-refractivity contribution is 6.04. The second kappa shape index (κ2) is 9.39. The number of aromatic amines is 1. The van der Waals surface area contributed by atoms with Gasteiger partial charge in [0.15, 0.2) is 0 Å². The molecule has 0 saturated carbocycles. The Morgan fingerprint density at radius 1 is 1.30 bits per heavy atom. The van der Waals surface area contributed by atoms with Crippen molar-refractivity contribution in [3.05, 3.63) is 46.0 Å². The molecule has 174 valence electrons. The van der Waals surface area contributed by atoms with Crippen molar-refractivity contribution in [2.75, 3.05) is 35.2 Å². The number of piperidine rings is 1. The Kier molecular flexibility index (Phi) is 6.38. The molecule has 3 N–H and O–H groups in total. The van der Waals surface area contributed by atoms with Crippen molar-refractivity contribution < 1.29 is 23.5 Å². The number of aromatic nitrogens is 2. The highest BCUT2D eigenvalue weighted by atomic mass is 19.1. The first-order valence-electron chi connectivity index (χ1n) is 10.8. The lowest BCUT2D eigenvalue weighted by atomic mass is 9.92. The van der Waals surface area contributed by atoms with Gasteiger partial charge in [-0.15, -0.1) is 0 Å². The molecule has 2 aliphatic heterocycles. The third-order valence-electron chi connectivity index (χ3n) is 5.73. The lowest BCUT2D eigenvalue weighted by molar-refractivity contribution is -0.148. The first-order valence-corrected chi connectivity index (χ1v) is 10.8. The van der Waals surface area contributed by atoms with Crippen LogP contribution >= 0.6 is 0 Å². The standard InChI is InChI=1S/C22H24FN5O5/c1-2-33-21(32)12-6-5-9-28(11-12)22-26-18-17(20(31)27-22)13(10-16(29)25-18)19(30)24-15-8-4-3-7-14(15)23/h3-4,7-8,12-13H,2,5-6,9-11H2,1H3,(H,24,30)(H2,25,26,27,29,31)/t12-,13-/m1/s1. The van der Waals surface area contributed by atoms with Crippen LogP contribution in [0.3, 0.4) is 0 Å². The number of rotatable bonds is 5. The fourth-order valence-corrected chi connectivity index (χ4v) is 4.14. The monoisotopic (exact) mass is 457 g/mol. The minimum absolute atomic E-state index is 0.00569.